The first-order valence-corrected chi connectivity index (χ1v) is 13.6. The highest BCUT2D eigenvalue weighted by molar-refractivity contribution is 7.61. The van der Waals surface area contributed by atoms with Gasteiger partial charge in [0.25, 0.3) is 0 Å². The molecule has 0 aliphatic carbocycles. The molecule has 2 aromatic heterocycles. The Morgan fingerprint density at radius 3 is 2.81 bits per heavy atom. The smallest absolute Gasteiger partial charge is 0.323 e. The van der Waals surface area contributed by atoms with Crippen molar-refractivity contribution in [3.05, 3.63) is 54.9 Å². The van der Waals surface area contributed by atoms with Crippen molar-refractivity contribution in [2.24, 2.45) is 0 Å². The quantitative estimate of drug-likeness (QED) is 0.260. The van der Waals surface area contributed by atoms with E-state index in [9.17, 15) is 13.8 Å². The highest BCUT2D eigenvalue weighted by Crippen LogP contribution is 2.42. The van der Waals surface area contributed by atoms with Gasteiger partial charge in [0.15, 0.2) is 24.0 Å². The van der Waals surface area contributed by atoms with Crippen molar-refractivity contribution in [1.29, 1.82) is 0 Å². The number of fused-ring (bicyclic) bond motifs is 1. The summed E-state index contributed by atoms with van der Waals surface area (Å²) in [5, 5.41) is 2.80. The number of nitrogens with two attached hydrogens (primary N) is 1. The highest BCUT2D eigenvalue weighted by atomic mass is 31.2. The minimum Gasteiger partial charge on any atom is -0.484 e. The van der Waals surface area contributed by atoms with E-state index in [-0.39, 0.29) is 31.7 Å². The standard InChI is InChI=1S/C23H28FN6O6P/c1-3-34-23(31)15(2)29-37(32,14-35-16-7-5-4-6-8-16)13-33-10-17-9-18(24)22(36-17)30-12-28-19-20(25)26-11-27-21(19)30/h4-9,11-12,15,17,22H,3,10,13-14H2,1-2H3,(H,29,32)(H2,25,26,27)/t15?,17-,22?,37-/m0/s1. The van der Waals surface area contributed by atoms with Crippen LogP contribution in [-0.2, 0) is 23.6 Å². The number of nitrogens with zero attached hydrogens (tertiary/aromatic N) is 4. The number of halogens is 1. The second-order valence-electron chi connectivity index (χ2n) is 8.24. The normalized spacial score (nSPS) is 19.8. The van der Waals surface area contributed by atoms with Crippen molar-refractivity contribution < 1.29 is 32.7 Å². The molecule has 2 unspecified atom stereocenters. The number of esters is 1. The lowest BCUT2D eigenvalue weighted by Gasteiger charge is -2.24. The van der Waals surface area contributed by atoms with E-state index >= 15 is 0 Å². The maximum absolute atomic E-state index is 14.8. The van der Waals surface area contributed by atoms with E-state index in [2.05, 4.69) is 20.0 Å². The molecule has 37 heavy (non-hydrogen) atoms. The summed E-state index contributed by atoms with van der Waals surface area (Å²) < 4.78 is 51.9. The second kappa shape index (κ2) is 11.8. The fourth-order valence-corrected chi connectivity index (χ4v) is 5.45. The average Bonchev–Trinajstić information content (AvgIpc) is 3.47. The number of benzene rings is 1. The van der Waals surface area contributed by atoms with Crippen LogP contribution >= 0.6 is 7.29 Å². The lowest BCUT2D eigenvalue weighted by Crippen LogP contribution is -2.35. The molecule has 0 fully saturated rings. The summed E-state index contributed by atoms with van der Waals surface area (Å²) in [6, 6.07) is 7.97. The van der Waals surface area contributed by atoms with Gasteiger partial charge in [0, 0.05) is 0 Å². The molecule has 0 saturated carbocycles. The van der Waals surface area contributed by atoms with Crippen molar-refractivity contribution in [3.63, 3.8) is 0 Å². The molecule has 4 atom stereocenters. The molecule has 14 heteroatoms. The molecular formula is C23H28FN6O6P. The van der Waals surface area contributed by atoms with Gasteiger partial charge in [-0.05, 0) is 32.1 Å². The zero-order valence-corrected chi connectivity index (χ0v) is 21.2. The summed E-state index contributed by atoms with van der Waals surface area (Å²) in [4.78, 5) is 24.2. The van der Waals surface area contributed by atoms with Crippen molar-refractivity contribution in [1.82, 2.24) is 24.6 Å². The molecule has 4 rings (SSSR count). The Bertz CT molecular complexity index is 1310. The largest absolute Gasteiger partial charge is 0.484 e. The third-order valence-corrected chi connectivity index (χ3v) is 7.36. The van der Waals surface area contributed by atoms with E-state index in [4.69, 9.17) is 24.7 Å². The maximum atomic E-state index is 14.8. The van der Waals surface area contributed by atoms with E-state index in [1.165, 1.54) is 23.3 Å². The Kier molecular flexibility index (Phi) is 8.49. The van der Waals surface area contributed by atoms with Crippen molar-refractivity contribution in [2.75, 3.05) is 31.6 Å². The van der Waals surface area contributed by atoms with E-state index in [0.29, 0.717) is 16.9 Å². The molecule has 198 valence electrons. The fraction of sp³-hybridized carbons (Fsp3) is 0.391. The third-order valence-electron chi connectivity index (χ3n) is 5.36. The fourth-order valence-electron chi connectivity index (χ4n) is 3.65. The third kappa shape index (κ3) is 6.50. The Labute approximate surface area is 212 Å². The number of carbonyl (C=O) groups excluding carboxylic acids is 1. The summed E-state index contributed by atoms with van der Waals surface area (Å²) in [5.41, 5.74) is 6.46. The Hall–Kier alpha value is -3.38. The zero-order valence-electron chi connectivity index (χ0n) is 20.3. The van der Waals surface area contributed by atoms with Crippen molar-refractivity contribution in [3.8, 4) is 5.75 Å². The van der Waals surface area contributed by atoms with Gasteiger partial charge in [0.05, 0.1) is 19.5 Å². The van der Waals surface area contributed by atoms with E-state index < -0.39 is 37.5 Å². The predicted octanol–water partition coefficient (Wildman–Crippen LogP) is 2.99. The van der Waals surface area contributed by atoms with Gasteiger partial charge in [-0.15, -0.1) is 0 Å². The molecule has 1 aliphatic heterocycles. The van der Waals surface area contributed by atoms with Gasteiger partial charge >= 0.3 is 5.97 Å². The minimum atomic E-state index is -3.40. The molecule has 0 amide bonds. The molecule has 0 bridgehead atoms. The Balaban J connectivity index is 1.38. The second-order valence-corrected chi connectivity index (χ2v) is 10.8. The van der Waals surface area contributed by atoms with Crippen LogP contribution in [0.25, 0.3) is 11.2 Å². The predicted molar refractivity (Wildman–Crippen MR) is 132 cm³/mol. The Morgan fingerprint density at radius 1 is 1.27 bits per heavy atom. The minimum absolute atomic E-state index is 0.0987. The van der Waals surface area contributed by atoms with Crippen LogP contribution in [-0.4, -0.2) is 63.5 Å². The number of anilines is 1. The first kappa shape index (κ1) is 26.7. The Morgan fingerprint density at radius 2 is 2.05 bits per heavy atom. The molecule has 3 heterocycles. The van der Waals surface area contributed by atoms with Crippen LogP contribution in [0.5, 0.6) is 5.75 Å². The number of nitrogen functional groups attached to an aromatic ring is 1. The topological polar surface area (TPSA) is 153 Å². The summed E-state index contributed by atoms with van der Waals surface area (Å²) in [6.45, 7) is 3.32. The van der Waals surface area contributed by atoms with Crippen LogP contribution < -0.4 is 15.6 Å². The highest BCUT2D eigenvalue weighted by Gasteiger charge is 2.33. The average molecular weight is 534 g/mol. The number of hydrogen-bond donors (Lipinski definition) is 2. The van der Waals surface area contributed by atoms with Gasteiger partial charge in [0.1, 0.15) is 41.9 Å². The monoisotopic (exact) mass is 534 g/mol. The first-order chi connectivity index (χ1) is 17.8. The van der Waals surface area contributed by atoms with Gasteiger partial charge in [0.2, 0.25) is 7.29 Å². The maximum Gasteiger partial charge on any atom is 0.323 e. The van der Waals surface area contributed by atoms with Crippen LogP contribution in [0.2, 0.25) is 0 Å². The molecule has 1 aliphatic rings. The lowest BCUT2D eigenvalue weighted by atomic mass is 10.3. The van der Waals surface area contributed by atoms with Crippen molar-refractivity contribution >= 4 is 30.2 Å². The van der Waals surface area contributed by atoms with Crippen LogP contribution in [0.1, 0.15) is 20.1 Å². The molecule has 0 radical (unpaired) electrons. The number of para-hydroxylation sites is 1. The molecule has 1 aromatic carbocycles. The summed E-state index contributed by atoms with van der Waals surface area (Å²) >= 11 is 0. The number of aromatic nitrogens is 4. The molecule has 3 N–H and O–H groups in total. The van der Waals surface area contributed by atoms with Gasteiger partial charge in [-0.3, -0.25) is 9.36 Å². The van der Waals surface area contributed by atoms with Crippen molar-refractivity contribution in [2.45, 2.75) is 32.2 Å². The van der Waals surface area contributed by atoms with Crippen LogP contribution in [0.15, 0.2) is 54.9 Å². The number of imidazole rings is 1. The molecule has 12 nitrogen and oxygen atoms in total. The molecule has 3 aromatic rings. The molecule has 0 spiro atoms. The molecule has 0 saturated heterocycles. The lowest BCUT2D eigenvalue weighted by molar-refractivity contribution is -0.144. The number of ether oxygens (including phenoxy) is 4. The van der Waals surface area contributed by atoms with Gasteiger partial charge < -0.3 is 29.2 Å². The number of rotatable bonds is 12. The van der Waals surface area contributed by atoms with E-state index in [0.717, 1.165) is 0 Å². The molecular weight excluding hydrogens is 506 g/mol. The van der Waals surface area contributed by atoms with Crippen LogP contribution in [0.4, 0.5) is 10.2 Å². The zero-order chi connectivity index (χ0) is 26.4. The number of carbonyl (C=O) groups is 1. The van der Waals surface area contributed by atoms with Gasteiger partial charge in [-0.1, -0.05) is 18.2 Å². The summed E-state index contributed by atoms with van der Waals surface area (Å²) in [6.07, 6.45) is 1.48. The van der Waals surface area contributed by atoms with Gasteiger partial charge in [-0.25, -0.2) is 24.4 Å². The van der Waals surface area contributed by atoms with Crippen LogP contribution in [0, 0.1) is 0 Å². The van der Waals surface area contributed by atoms with E-state index in [1.807, 2.05) is 6.07 Å². The van der Waals surface area contributed by atoms with Gasteiger partial charge in [-0.2, -0.15) is 0 Å². The van der Waals surface area contributed by atoms with Crippen LogP contribution in [0.3, 0.4) is 0 Å². The first-order valence-electron chi connectivity index (χ1n) is 11.5. The summed E-state index contributed by atoms with van der Waals surface area (Å²) in [5.74, 6) is -0.428. The SMILES string of the molecule is CCOC(=O)C(C)N[P@](=O)(COC[C@@H]1C=C(F)C(n2cnc3c(N)ncnc32)O1)COc1ccccc1. The summed E-state index contributed by atoms with van der Waals surface area (Å²) in [7, 11) is -3.40. The number of hydrogen-bond acceptors (Lipinski definition) is 10. The van der Waals surface area contributed by atoms with E-state index in [1.54, 1.807) is 38.1 Å². The number of nitrogens with one attached hydrogen (secondary N) is 1.